The van der Waals surface area contributed by atoms with Gasteiger partial charge in [0.1, 0.15) is 0 Å². The summed E-state index contributed by atoms with van der Waals surface area (Å²) in [6, 6.07) is 0. The Morgan fingerprint density at radius 2 is 0.727 bits per heavy atom. The average Bonchev–Trinajstić information content (AvgIpc) is 3.44. The molecule has 0 unspecified atom stereocenters. The van der Waals surface area contributed by atoms with Crippen molar-refractivity contribution in [2.75, 3.05) is 28.4 Å². The first-order valence-corrected chi connectivity index (χ1v) is 6.72. The second-order valence-electron chi connectivity index (χ2n) is 4.99. The van der Waals surface area contributed by atoms with Crippen LogP contribution in [0.15, 0.2) is 0 Å². The van der Waals surface area contributed by atoms with Crippen LogP contribution in [0.3, 0.4) is 0 Å². The van der Waals surface area contributed by atoms with Crippen molar-refractivity contribution in [3.05, 3.63) is 0 Å². The summed E-state index contributed by atoms with van der Waals surface area (Å²) in [5.74, 6) is -2.30. The Morgan fingerprint density at radius 3 is 0.864 bits per heavy atom. The van der Waals surface area contributed by atoms with Crippen molar-refractivity contribution >= 4 is 23.9 Å². The van der Waals surface area contributed by atoms with Gasteiger partial charge in [0.05, 0.1) is 52.1 Å². The number of rotatable bonds is 4. The molecule has 0 aliphatic heterocycles. The van der Waals surface area contributed by atoms with E-state index in [9.17, 15) is 19.2 Å². The Hall–Kier alpha value is -2.12. The Kier molecular flexibility index (Phi) is 6.33. The third kappa shape index (κ3) is 4.44. The van der Waals surface area contributed by atoms with Crippen LogP contribution in [-0.4, -0.2) is 52.3 Å². The van der Waals surface area contributed by atoms with Crippen molar-refractivity contribution in [1.82, 2.24) is 0 Å². The van der Waals surface area contributed by atoms with Crippen LogP contribution in [0, 0.1) is 23.7 Å². The highest BCUT2D eigenvalue weighted by molar-refractivity contribution is 5.87. The van der Waals surface area contributed by atoms with E-state index in [4.69, 9.17) is 0 Å². The molecule has 4 atom stereocenters. The van der Waals surface area contributed by atoms with Gasteiger partial charge in [-0.05, 0) is 12.8 Å². The number of methoxy groups -OCH3 is 4. The summed E-state index contributed by atoms with van der Waals surface area (Å²) < 4.78 is 17.8. The van der Waals surface area contributed by atoms with E-state index in [1.807, 2.05) is 0 Å². The van der Waals surface area contributed by atoms with Gasteiger partial charge in [-0.3, -0.25) is 19.2 Å². The molecule has 2 saturated carbocycles. The second kappa shape index (κ2) is 7.77. The van der Waals surface area contributed by atoms with E-state index in [-0.39, 0.29) is 47.5 Å². The molecule has 0 saturated heterocycles. The average molecular weight is 316 g/mol. The van der Waals surface area contributed by atoms with Crippen LogP contribution >= 0.6 is 0 Å². The standard InChI is InChI=1S/2C7H10O4/c2*1-10-6(8)4-3-5(4)7(9)11-2/h2*4-5H,3H2,1-2H3/t2*4-,5-/m10/s1. The largest absolute Gasteiger partial charge is 0.469 e. The fourth-order valence-electron chi connectivity index (χ4n) is 2.04. The molecule has 0 aromatic rings. The van der Waals surface area contributed by atoms with Crippen molar-refractivity contribution < 1.29 is 38.1 Å². The molecule has 22 heavy (non-hydrogen) atoms. The monoisotopic (exact) mass is 316 g/mol. The summed E-state index contributed by atoms with van der Waals surface area (Å²) in [5.41, 5.74) is 0. The SMILES string of the molecule is COC(=O)[C@@H]1C[C@H]1C(=O)OC.COC(=O)[C@H]1C[C@@H]1C(=O)OC. The molecule has 0 aromatic heterocycles. The van der Waals surface area contributed by atoms with Crippen molar-refractivity contribution in [3.8, 4) is 0 Å². The fourth-order valence-corrected chi connectivity index (χ4v) is 2.04. The van der Waals surface area contributed by atoms with Crippen molar-refractivity contribution in [3.63, 3.8) is 0 Å². The van der Waals surface area contributed by atoms with Crippen LogP contribution in [0.25, 0.3) is 0 Å². The summed E-state index contributed by atoms with van der Waals surface area (Å²) in [6.45, 7) is 0. The predicted molar refractivity (Wildman–Crippen MR) is 71.3 cm³/mol. The molecule has 2 rings (SSSR count). The zero-order valence-corrected chi connectivity index (χ0v) is 13.0. The highest BCUT2D eigenvalue weighted by Gasteiger charge is 2.50. The van der Waals surface area contributed by atoms with Gasteiger partial charge in [0, 0.05) is 0 Å². The minimum Gasteiger partial charge on any atom is -0.469 e. The van der Waals surface area contributed by atoms with E-state index in [0.29, 0.717) is 12.8 Å². The molecular formula is C14H20O8. The van der Waals surface area contributed by atoms with Gasteiger partial charge in [-0.1, -0.05) is 0 Å². The summed E-state index contributed by atoms with van der Waals surface area (Å²) in [7, 11) is 5.26. The van der Waals surface area contributed by atoms with Crippen LogP contribution in [0.5, 0.6) is 0 Å². The van der Waals surface area contributed by atoms with Gasteiger partial charge in [0.2, 0.25) is 0 Å². The number of carbonyl (C=O) groups excluding carboxylic acids is 4. The maximum absolute atomic E-state index is 10.8. The van der Waals surface area contributed by atoms with Gasteiger partial charge >= 0.3 is 23.9 Å². The molecule has 8 nitrogen and oxygen atoms in total. The summed E-state index contributed by atoms with van der Waals surface area (Å²) in [6.07, 6.45) is 1.14. The van der Waals surface area contributed by atoms with Gasteiger partial charge in [-0.15, -0.1) is 0 Å². The van der Waals surface area contributed by atoms with E-state index in [0.717, 1.165) is 0 Å². The minimum absolute atomic E-state index is 0.257. The lowest BCUT2D eigenvalue weighted by Gasteiger charge is -1.96. The van der Waals surface area contributed by atoms with Crippen molar-refractivity contribution in [2.45, 2.75) is 12.8 Å². The summed E-state index contributed by atoms with van der Waals surface area (Å²) in [5, 5.41) is 0. The van der Waals surface area contributed by atoms with Crippen LogP contribution in [0.4, 0.5) is 0 Å². The van der Waals surface area contributed by atoms with Gasteiger partial charge < -0.3 is 18.9 Å². The molecule has 0 aromatic carbocycles. The number of hydrogen-bond donors (Lipinski definition) is 0. The molecule has 0 heterocycles. The van der Waals surface area contributed by atoms with Crippen molar-refractivity contribution in [2.24, 2.45) is 23.7 Å². The lowest BCUT2D eigenvalue weighted by atomic mass is 10.3. The Labute approximate surface area is 128 Å². The maximum atomic E-state index is 10.8. The maximum Gasteiger partial charge on any atom is 0.309 e. The highest BCUT2D eigenvalue weighted by Crippen LogP contribution is 2.40. The highest BCUT2D eigenvalue weighted by atomic mass is 16.5. The number of esters is 4. The van der Waals surface area contributed by atoms with Crippen LogP contribution in [0.2, 0.25) is 0 Å². The number of carbonyl (C=O) groups is 4. The molecule has 0 amide bonds. The number of hydrogen-bond acceptors (Lipinski definition) is 8. The van der Waals surface area contributed by atoms with E-state index >= 15 is 0 Å². The fraction of sp³-hybridized carbons (Fsp3) is 0.714. The minimum atomic E-state index is -0.319. The first kappa shape index (κ1) is 17.9. The Balaban J connectivity index is 0.000000220. The normalized spacial score (nSPS) is 27.5. The van der Waals surface area contributed by atoms with E-state index < -0.39 is 0 Å². The molecule has 2 aliphatic rings. The topological polar surface area (TPSA) is 105 Å². The second-order valence-corrected chi connectivity index (χ2v) is 4.99. The zero-order valence-electron chi connectivity index (χ0n) is 13.0. The molecule has 2 aliphatic carbocycles. The Bertz CT molecular complexity index is 376. The number of ether oxygens (including phenoxy) is 4. The lowest BCUT2D eigenvalue weighted by Crippen LogP contribution is -2.10. The van der Waals surface area contributed by atoms with Gasteiger partial charge in [-0.2, -0.15) is 0 Å². The summed E-state index contributed by atoms with van der Waals surface area (Å²) >= 11 is 0. The summed E-state index contributed by atoms with van der Waals surface area (Å²) in [4.78, 5) is 43.1. The molecule has 2 fully saturated rings. The molecule has 8 heteroatoms. The molecule has 0 radical (unpaired) electrons. The van der Waals surface area contributed by atoms with Crippen LogP contribution < -0.4 is 0 Å². The third-order valence-electron chi connectivity index (χ3n) is 3.60. The van der Waals surface area contributed by atoms with E-state index in [1.54, 1.807) is 0 Å². The molecule has 0 bridgehead atoms. The third-order valence-corrected chi connectivity index (χ3v) is 3.60. The lowest BCUT2D eigenvalue weighted by molar-refractivity contribution is -0.148. The van der Waals surface area contributed by atoms with Gasteiger partial charge in [0.25, 0.3) is 0 Å². The Morgan fingerprint density at radius 1 is 0.545 bits per heavy atom. The van der Waals surface area contributed by atoms with Gasteiger partial charge in [0.15, 0.2) is 0 Å². The molecule has 0 N–H and O–H groups in total. The smallest absolute Gasteiger partial charge is 0.309 e. The first-order chi connectivity index (χ1) is 10.4. The molecule has 124 valence electrons. The molecular weight excluding hydrogens is 296 g/mol. The zero-order chi connectivity index (χ0) is 16.9. The van der Waals surface area contributed by atoms with Crippen LogP contribution in [0.1, 0.15) is 12.8 Å². The van der Waals surface area contributed by atoms with Crippen molar-refractivity contribution in [1.29, 1.82) is 0 Å². The van der Waals surface area contributed by atoms with E-state index in [1.165, 1.54) is 28.4 Å². The predicted octanol–water partition coefficient (Wildman–Crippen LogP) is -0.0630. The van der Waals surface area contributed by atoms with Crippen LogP contribution in [-0.2, 0) is 38.1 Å². The first-order valence-electron chi connectivity index (χ1n) is 6.72. The van der Waals surface area contributed by atoms with E-state index in [2.05, 4.69) is 18.9 Å². The quantitative estimate of drug-likeness (QED) is 0.524. The molecule has 0 spiro atoms. The van der Waals surface area contributed by atoms with Gasteiger partial charge in [-0.25, -0.2) is 0 Å².